The summed E-state index contributed by atoms with van der Waals surface area (Å²) in [5.41, 5.74) is 1.30. The first-order valence-electron chi connectivity index (χ1n) is 4.85. The molecule has 2 rings (SSSR count). The number of hydrogen-bond acceptors (Lipinski definition) is 0. The number of hydrogen-bond donors (Lipinski definition) is 0. The van der Waals surface area contributed by atoms with E-state index < -0.39 is 0 Å². The molecule has 0 spiro atoms. The second kappa shape index (κ2) is 4.52. The molecule has 1 heterocycles. The van der Waals surface area contributed by atoms with E-state index in [1.54, 1.807) is 0 Å². The molecule has 0 aliphatic carbocycles. The second-order valence-electron chi connectivity index (χ2n) is 3.62. The van der Waals surface area contributed by atoms with E-state index in [2.05, 4.69) is 11.4 Å². The highest BCUT2D eigenvalue weighted by molar-refractivity contribution is 6.42. The van der Waals surface area contributed by atoms with Crippen molar-refractivity contribution in [3.8, 4) is 0 Å². The number of piperidine rings is 1. The van der Waals surface area contributed by atoms with Crippen LogP contribution in [0.15, 0.2) is 18.2 Å². The minimum absolute atomic E-state index is 0.613. The SMILES string of the molecule is Clc1ccc(C2CC[N]CC2)cc1Cl. The monoisotopic (exact) mass is 228 g/mol. The van der Waals surface area contributed by atoms with Crippen molar-refractivity contribution in [3.05, 3.63) is 33.8 Å². The van der Waals surface area contributed by atoms with Gasteiger partial charge in [0.2, 0.25) is 0 Å². The molecule has 0 aromatic heterocycles. The van der Waals surface area contributed by atoms with Crippen LogP contribution in [0.4, 0.5) is 0 Å². The highest BCUT2D eigenvalue weighted by Gasteiger charge is 2.16. The van der Waals surface area contributed by atoms with E-state index in [0.29, 0.717) is 16.0 Å². The Labute approximate surface area is 94.4 Å². The summed E-state index contributed by atoms with van der Waals surface area (Å²) in [5, 5.41) is 5.63. The Kier molecular flexibility index (Phi) is 3.32. The third-order valence-corrected chi connectivity index (χ3v) is 3.43. The van der Waals surface area contributed by atoms with Crippen molar-refractivity contribution in [1.82, 2.24) is 5.32 Å². The molecule has 1 aromatic rings. The van der Waals surface area contributed by atoms with Gasteiger partial charge >= 0.3 is 0 Å². The van der Waals surface area contributed by atoms with Crippen LogP contribution in [0, 0.1) is 0 Å². The molecule has 0 N–H and O–H groups in total. The molecule has 1 saturated heterocycles. The summed E-state index contributed by atoms with van der Waals surface area (Å²) in [6, 6.07) is 5.94. The maximum Gasteiger partial charge on any atom is 0.0595 e. The fraction of sp³-hybridized carbons (Fsp3) is 0.455. The van der Waals surface area contributed by atoms with E-state index in [1.807, 2.05) is 12.1 Å². The van der Waals surface area contributed by atoms with Crippen molar-refractivity contribution in [2.24, 2.45) is 0 Å². The molecule has 1 aliphatic heterocycles. The van der Waals surface area contributed by atoms with E-state index in [1.165, 1.54) is 5.56 Å². The van der Waals surface area contributed by atoms with Gasteiger partial charge in [0.15, 0.2) is 0 Å². The van der Waals surface area contributed by atoms with Gasteiger partial charge in [-0.1, -0.05) is 29.3 Å². The number of benzene rings is 1. The first kappa shape index (κ1) is 10.3. The summed E-state index contributed by atoms with van der Waals surface area (Å²) >= 11 is 11.8. The highest BCUT2D eigenvalue weighted by atomic mass is 35.5. The summed E-state index contributed by atoms with van der Waals surface area (Å²) in [4.78, 5) is 0. The van der Waals surface area contributed by atoms with E-state index in [4.69, 9.17) is 23.2 Å². The van der Waals surface area contributed by atoms with Crippen LogP contribution in [-0.2, 0) is 0 Å². The zero-order valence-corrected chi connectivity index (χ0v) is 9.35. The van der Waals surface area contributed by atoms with Crippen LogP contribution in [0.2, 0.25) is 10.0 Å². The Bertz CT molecular complexity index is 319. The summed E-state index contributed by atoms with van der Waals surface area (Å²) in [7, 11) is 0. The third-order valence-electron chi connectivity index (χ3n) is 2.69. The van der Waals surface area contributed by atoms with Gasteiger partial charge in [-0.05, 0) is 36.5 Å². The van der Waals surface area contributed by atoms with Gasteiger partial charge in [-0.25, -0.2) is 5.32 Å². The molecule has 14 heavy (non-hydrogen) atoms. The first-order chi connectivity index (χ1) is 6.77. The van der Waals surface area contributed by atoms with E-state index in [-0.39, 0.29) is 0 Å². The lowest BCUT2D eigenvalue weighted by Crippen LogP contribution is -2.20. The van der Waals surface area contributed by atoms with Gasteiger partial charge in [0.25, 0.3) is 0 Å². The van der Waals surface area contributed by atoms with Gasteiger partial charge in [-0.15, -0.1) is 0 Å². The smallest absolute Gasteiger partial charge is 0.0595 e. The minimum Gasteiger partial charge on any atom is -0.242 e. The Morgan fingerprint density at radius 3 is 2.43 bits per heavy atom. The lowest BCUT2D eigenvalue weighted by Gasteiger charge is -2.22. The normalized spacial score (nSPS) is 18.4. The summed E-state index contributed by atoms with van der Waals surface area (Å²) < 4.78 is 0. The maximum atomic E-state index is 5.98. The molecule has 0 amide bonds. The minimum atomic E-state index is 0.613. The molecule has 1 aromatic carbocycles. The third kappa shape index (κ3) is 2.22. The van der Waals surface area contributed by atoms with Gasteiger partial charge in [-0.2, -0.15) is 0 Å². The van der Waals surface area contributed by atoms with Crippen molar-refractivity contribution in [1.29, 1.82) is 0 Å². The predicted molar refractivity (Wildman–Crippen MR) is 60.3 cm³/mol. The fourth-order valence-electron chi connectivity index (χ4n) is 1.85. The van der Waals surface area contributed by atoms with Gasteiger partial charge < -0.3 is 0 Å². The molecule has 75 valence electrons. The molecule has 1 nitrogen and oxygen atoms in total. The van der Waals surface area contributed by atoms with Crippen LogP contribution in [0.3, 0.4) is 0 Å². The van der Waals surface area contributed by atoms with E-state index >= 15 is 0 Å². The van der Waals surface area contributed by atoms with Gasteiger partial charge in [0.1, 0.15) is 0 Å². The lowest BCUT2D eigenvalue weighted by atomic mass is 9.90. The largest absolute Gasteiger partial charge is 0.242 e. The molecular weight excluding hydrogens is 217 g/mol. The van der Waals surface area contributed by atoms with E-state index in [9.17, 15) is 0 Å². The van der Waals surface area contributed by atoms with Crippen molar-refractivity contribution in [2.45, 2.75) is 18.8 Å². The quantitative estimate of drug-likeness (QED) is 0.700. The lowest BCUT2D eigenvalue weighted by molar-refractivity contribution is 0.453. The van der Waals surface area contributed by atoms with E-state index in [0.717, 1.165) is 25.9 Å². The molecule has 0 unspecified atom stereocenters. The molecule has 1 fully saturated rings. The average Bonchev–Trinajstić information content (AvgIpc) is 2.23. The molecule has 0 bridgehead atoms. The zero-order chi connectivity index (χ0) is 9.97. The highest BCUT2D eigenvalue weighted by Crippen LogP contribution is 2.30. The van der Waals surface area contributed by atoms with Crippen LogP contribution in [-0.4, -0.2) is 13.1 Å². The van der Waals surface area contributed by atoms with Crippen molar-refractivity contribution >= 4 is 23.2 Å². The Morgan fingerprint density at radius 2 is 1.79 bits per heavy atom. The number of nitrogens with zero attached hydrogens (tertiary/aromatic N) is 1. The van der Waals surface area contributed by atoms with Crippen LogP contribution in [0.5, 0.6) is 0 Å². The van der Waals surface area contributed by atoms with Crippen LogP contribution in [0.25, 0.3) is 0 Å². The average molecular weight is 229 g/mol. The molecule has 1 aliphatic rings. The van der Waals surface area contributed by atoms with Gasteiger partial charge in [0, 0.05) is 13.1 Å². The van der Waals surface area contributed by atoms with Crippen LogP contribution < -0.4 is 5.32 Å². The standard InChI is InChI=1S/C11H12Cl2N/c12-10-2-1-9(7-11(10)13)8-3-5-14-6-4-8/h1-2,7-8H,3-6H2. The molecule has 1 radical (unpaired) electrons. The first-order valence-corrected chi connectivity index (χ1v) is 5.61. The van der Waals surface area contributed by atoms with Crippen molar-refractivity contribution in [3.63, 3.8) is 0 Å². The Balaban J connectivity index is 2.18. The number of halogens is 2. The van der Waals surface area contributed by atoms with Crippen LogP contribution in [0.1, 0.15) is 24.3 Å². The molecule has 3 heteroatoms. The maximum absolute atomic E-state index is 5.98. The zero-order valence-electron chi connectivity index (χ0n) is 7.84. The second-order valence-corrected chi connectivity index (χ2v) is 4.43. The van der Waals surface area contributed by atoms with Crippen molar-refractivity contribution < 1.29 is 0 Å². The molecule has 0 atom stereocenters. The summed E-state index contributed by atoms with van der Waals surface area (Å²) in [6.07, 6.45) is 2.27. The molecule has 0 saturated carbocycles. The summed E-state index contributed by atoms with van der Waals surface area (Å²) in [5.74, 6) is 0.613. The van der Waals surface area contributed by atoms with Crippen molar-refractivity contribution in [2.75, 3.05) is 13.1 Å². The number of rotatable bonds is 1. The predicted octanol–water partition coefficient (Wildman–Crippen LogP) is 3.48. The summed E-state index contributed by atoms with van der Waals surface area (Å²) in [6.45, 7) is 1.95. The van der Waals surface area contributed by atoms with Gasteiger partial charge in [-0.3, -0.25) is 0 Å². The molecular formula is C11H12Cl2N. The Hall–Kier alpha value is -0.240. The van der Waals surface area contributed by atoms with Gasteiger partial charge in [0.05, 0.1) is 10.0 Å². The topological polar surface area (TPSA) is 14.1 Å². The Morgan fingerprint density at radius 1 is 1.07 bits per heavy atom. The van der Waals surface area contributed by atoms with Crippen LogP contribution >= 0.6 is 23.2 Å². The fourth-order valence-corrected chi connectivity index (χ4v) is 2.16.